The summed E-state index contributed by atoms with van der Waals surface area (Å²) in [6.07, 6.45) is -1.93. The third-order valence-corrected chi connectivity index (χ3v) is 2.97. The first kappa shape index (κ1) is 11.4. The number of aromatic nitrogens is 2. The summed E-state index contributed by atoms with van der Waals surface area (Å²) in [7, 11) is 0. The first-order chi connectivity index (χ1) is 7.52. The third-order valence-electron chi connectivity index (χ3n) is 2.97. The molecule has 2 rings (SSSR count). The van der Waals surface area contributed by atoms with Crippen LogP contribution in [0.3, 0.4) is 0 Å². The van der Waals surface area contributed by atoms with Crippen molar-refractivity contribution in [2.24, 2.45) is 11.7 Å². The van der Waals surface area contributed by atoms with Gasteiger partial charge in [-0.05, 0) is 25.3 Å². The van der Waals surface area contributed by atoms with Crippen LogP contribution < -0.4 is 5.73 Å². The molecular weight excluding hydrogens is 223 g/mol. The maximum atomic E-state index is 12.3. The number of halogens is 3. The largest absolute Gasteiger partial charge is 0.455 e. The molecule has 1 fully saturated rings. The minimum absolute atomic E-state index is 0.0697. The van der Waals surface area contributed by atoms with E-state index in [-0.39, 0.29) is 17.7 Å². The van der Waals surface area contributed by atoms with Gasteiger partial charge in [0.1, 0.15) is 0 Å². The van der Waals surface area contributed by atoms with Crippen LogP contribution >= 0.6 is 0 Å². The summed E-state index contributed by atoms with van der Waals surface area (Å²) in [5.74, 6) is -1.10. The quantitative estimate of drug-likeness (QED) is 0.850. The zero-order valence-electron chi connectivity index (χ0n) is 8.50. The topological polar surface area (TPSA) is 64.9 Å². The molecule has 2 unspecified atom stereocenters. The van der Waals surface area contributed by atoms with E-state index in [1.165, 1.54) is 0 Å². The summed E-state index contributed by atoms with van der Waals surface area (Å²) in [5.41, 5.74) is 5.54. The molecule has 1 aliphatic rings. The fourth-order valence-electron chi connectivity index (χ4n) is 2.15. The molecule has 0 aromatic carbocycles. The first-order valence-electron chi connectivity index (χ1n) is 5.13. The molecule has 16 heavy (non-hydrogen) atoms. The van der Waals surface area contributed by atoms with Crippen molar-refractivity contribution in [3.8, 4) is 0 Å². The second-order valence-corrected chi connectivity index (χ2v) is 3.99. The Morgan fingerprint density at radius 2 is 2.12 bits per heavy atom. The van der Waals surface area contributed by atoms with E-state index in [1.54, 1.807) is 0 Å². The molecule has 7 heteroatoms. The van der Waals surface area contributed by atoms with Crippen molar-refractivity contribution in [1.29, 1.82) is 0 Å². The fraction of sp³-hybridized carbons (Fsp3) is 0.778. The average molecular weight is 235 g/mol. The van der Waals surface area contributed by atoms with E-state index in [0.29, 0.717) is 6.54 Å². The third kappa shape index (κ3) is 2.04. The summed E-state index contributed by atoms with van der Waals surface area (Å²) < 4.78 is 41.4. The van der Waals surface area contributed by atoms with Crippen molar-refractivity contribution in [2.75, 3.05) is 6.54 Å². The molecular formula is C9H12F3N3O. The van der Waals surface area contributed by atoms with Gasteiger partial charge in [-0.3, -0.25) is 0 Å². The van der Waals surface area contributed by atoms with E-state index in [1.807, 2.05) is 0 Å². The zero-order valence-corrected chi connectivity index (χ0v) is 8.50. The lowest BCUT2D eigenvalue weighted by Crippen LogP contribution is -2.17. The van der Waals surface area contributed by atoms with Gasteiger partial charge in [0.2, 0.25) is 5.89 Å². The van der Waals surface area contributed by atoms with Crippen LogP contribution in [0, 0.1) is 5.92 Å². The van der Waals surface area contributed by atoms with E-state index in [2.05, 4.69) is 14.7 Å². The highest BCUT2D eigenvalue weighted by Gasteiger charge is 2.39. The van der Waals surface area contributed by atoms with Crippen LogP contribution in [0.15, 0.2) is 4.52 Å². The number of rotatable bonds is 2. The van der Waals surface area contributed by atoms with Gasteiger partial charge >= 0.3 is 6.18 Å². The Morgan fingerprint density at radius 3 is 2.69 bits per heavy atom. The minimum Gasteiger partial charge on any atom is -0.339 e. The molecule has 0 radical (unpaired) electrons. The van der Waals surface area contributed by atoms with Crippen molar-refractivity contribution < 1.29 is 17.7 Å². The Bertz CT molecular complexity index is 363. The van der Waals surface area contributed by atoms with E-state index >= 15 is 0 Å². The lowest BCUT2D eigenvalue weighted by atomic mass is 9.96. The van der Waals surface area contributed by atoms with E-state index in [4.69, 9.17) is 5.73 Å². The van der Waals surface area contributed by atoms with Crippen LogP contribution in [0.4, 0.5) is 13.2 Å². The Kier molecular flexibility index (Phi) is 2.88. The van der Waals surface area contributed by atoms with Crippen LogP contribution in [-0.2, 0) is 6.18 Å². The maximum absolute atomic E-state index is 12.3. The molecule has 0 saturated heterocycles. The Labute approximate surface area is 90.0 Å². The molecule has 0 amide bonds. The molecule has 1 saturated carbocycles. The van der Waals surface area contributed by atoms with Gasteiger partial charge < -0.3 is 10.3 Å². The lowest BCUT2D eigenvalue weighted by molar-refractivity contribution is -0.146. The predicted octanol–water partition coefficient (Wildman–Crippen LogP) is 1.93. The summed E-state index contributed by atoms with van der Waals surface area (Å²) in [5, 5.41) is 2.95. The van der Waals surface area contributed by atoms with Crippen LogP contribution in [0.2, 0.25) is 0 Å². The standard InChI is InChI=1S/C9H12F3N3O/c10-9(11,12)8-14-7(16-15-8)6-3-1-2-5(6)4-13/h5-6H,1-4,13H2. The summed E-state index contributed by atoms with van der Waals surface area (Å²) >= 11 is 0. The van der Waals surface area contributed by atoms with Gasteiger partial charge in [0.05, 0.1) is 0 Å². The zero-order chi connectivity index (χ0) is 11.8. The van der Waals surface area contributed by atoms with Crippen molar-refractivity contribution in [1.82, 2.24) is 10.1 Å². The highest BCUT2D eigenvalue weighted by atomic mass is 19.4. The van der Waals surface area contributed by atoms with Gasteiger partial charge in [-0.25, -0.2) is 0 Å². The molecule has 0 spiro atoms. The van der Waals surface area contributed by atoms with Gasteiger partial charge in [-0.2, -0.15) is 18.2 Å². The van der Waals surface area contributed by atoms with Crippen molar-refractivity contribution >= 4 is 0 Å². The van der Waals surface area contributed by atoms with Crippen LogP contribution in [-0.4, -0.2) is 16.7 Å². The molecule has 4 nitrogen and oxygen atoms in total. The van der Waals surface area contributed by atoms with Gasteiger partial charge in [0, 0.05) is 5.92 Å². The smallest absolute Gasteiger partial charge is 0.339 e. The Balaban J connectivity index is 2.18. The number of alkyl halides is 3. The highest BCUT2D eigenvalue weighted by Crippen LogP contribution is 2.39. The van der Waals surface area contributed by atoms with Crippen LogP contribution in [0.25, 0.3) is 0 Å². The molecule has 1 aromatic heterocycles. The van der Waals surface area contributed by atoms with E-state index in [9.17, 15) is 13.2 Å². The van der Waals surface area contributed by atoms with Crippen LogP contribution in [0.1, 0.15) is 36.9 Å². The van der Waals surface area contributed by atoms with Crippen LogP contribution in [0.5, 0.6) is 0 Å². The second-order valence-electron chi connectivity index (χ2n) is 3.99. The second kappa shape index (κ2) is 4.04. The highest BCUT2D eigenvalue weighted by molar-refractivity contribution is 5.01. The van der Waals surface area contributed by atoms with Gasteiger partial charge in [-0.1, -0.05) is 11.6 Å². The molecule has 2 atom stereocenters. The monoisotopic (exact) mass is 235 g/mol. The summed E-state index contributed by atoms with van der Waals surface area (Å²) in [4.78, 5) is 3.40. The number of hydrogen-bond donors (Lipinski definition) is 1. The van der Waals surface area contributed by atoms with Gasteiger partial charge in [-0.15, -0.1) is 0 Å². The normalized spacial score (nSPS) is 26.2. The van der Waals surface area contributed by atoms with E-state index < -0.39 is 12.0 Å². The van der Waals surface area contributed by atoms with Crippen molar-refractivity contribution in [3.63, 3.8) is 0 Å². The molecule has 0 bridgehead atoms. The first-order valence-corrected chi connectivity index (χ1v) is 5.13. The minimum atomic E-state index is -4.54. The molecule has 1 aliphatic carbocycles. The van der Waals surface area contributed by atoms with E-state index in [0.717, 1.165) is 19.3 Å². The molecule has 0 aliphatic heterocycles. The summed E-state index contributed by atoms with van der Waals surface area (Å²) in [6.45, 7) is 0.439. The number of nitrogens with zero attached hydrogens (tertiary/aromatic N) is 2. The number of hydrogen-bond acceptors (Lipinski definition) is 4. The lowest BCUT2D eigenvalue weighted by Gasteiger charge is -2.12. The molecule has 2 N–H and O–H groups in total. The molecule has 1 aromatic rings. The predicted molar refractivity (Wildman–Crippen MR) is 48.4 cm³/mol. The SMILES string of the molecule is NCC1CCCC1c1nc(C(F)(F)F)no1. The van der Waals surface area contributed by atoms with Gasteiger partial charge in [0.25, 0.3) is 5.82 Å². The van der Waals surface area contributed by atoms with Gasteiger partial charge in [0.15, 0.2) is 0 Å². The maximum Gasteiger partial charge on any atom is 0.455 e. The van der Waals surface area contributed by atoms with Crippen molar-refractivity contribution in [2.45, 2.75) is 31.4 Å². The fourth-order valence-corrected chi connectivity index (χ4v) is 2.15. The molecule has 1 heterocycles. The average Bonchev–Trinajstić information content (AvgIpc) is 2.84. The number of nitrogens with two attached hydrogens (primary N) is 1. The Hall–Kier alpha value is -1.11. The molecule has 90 valence electrons. The summed E-state index contributed by atoms with van der Waals surface area (Å²) in [6, 6.07) is 0. The Morgan fingerprint density at radius 1 is 1.38 bits per heavy atom. The van der Waals surface area contributed by atoms with Crippen molar-refractivity contribution in [3.05, 3.63) is 11.7 Å².